The average molecular weight is 307 g/mol. The SMILES string of the molecule is CNC1CC(C)(C)Cc2nc(N3CC4CCC(C3)O4)sc21. The van der Waals surface area contributed by atoms with Crippen LogP contribution in [0.4, 0.5) is 5.13 Å². The van der Waals surface area contributed by atoms with E-state index >= 15 is 0 Å². The normalized spacial score (nSPS) is 34.0. The van der Waals surface area contributed by atoms with Gasteiger partial charge in [-0.2, -0.15) is 0 Å². The van der Waals surface area contributed by atoms with E-state index in [2.05, 4.69) is 31.1 Å². The summed E-state index contributed by atoms with van der Waals surface area (Å²) in [6, 6.07) is 0.466. The summed E-state index contributed by atoms with van der Waals surface area (Å²) in [6.07, 6.45) is 5.61. The number of nitrogens with zero attached hydrogens (tertiary/aromatic N) is 2. The predicted octanol–water partition coefficient (Wildman–Crippen LogP) is 2.74. The van der Waals surface area contributed by atoms with Crippen LogP contribution in [-0.4, -0.2) is 37.3 Å². The maximum absolute atomic E-state index is 5.95. The lowest BCUT2D eigenvalue weighted by atomic mass is 9.76. The van der Waals surface area contributed by atoms with Gasteiger partial charge in [0, 0.05) is 24.0 Å². The summed E-state index contributed by atoms with van der Waals surface area (Å²) in [5, 5.41) is 4.71. The number of ether oxygens (including phenoxy) is 1. The molecule has 1 aromatic heterocycles. The van der Waals surface area contributed by atoms with Gasteiger partial charge >= 0.3 is 0 Å². The van der Waals surface area contributed by atoms with Gasteiger partial charge in [0.25, 0.3) is 0 Å². The van der Waals surface area contributed by atoms with E-state index in [1.807, 2.05) is 11.3 Å². The number of anilines is 1. The molecule has 2 aliphatic heterocycles. The van der Waals surface area contributed by atoms with Crippen LogP contribution in [-0.2, 0) is 11.2 Å². The number of hydrogen-bond donors (Lipinski definition) is 1. The molecule has 3 heterocycles. The van der Waals surface area contributed by atoms with Crippen LogP contribution in [0.1, 0.15) is 49.7 Å². The van der Waals surface area contributed by atoms with E-state index in [0.29, 0.717) is 23.7 Å². The van der Waals surface area contributed by atoms with E-state index in [1.165, 1.54) is 35.0 Å². The van der Waals surface area contributed by atoms with Gasteiger partial charge in [0.1, 0.15) is 0 Å². The first-order valence-electron chi connectivity index (χ1n) is 8.11. The highest BCUT2D eigenvalue weighted by Gasteiger charge is 2.38. The van der Waals surface area contributed by atoms with E-state index in [1.54, 1.807) is 0 Å². The van der Waals surface area contributed by atoms with E-state index in [0.717, 1.165) is 19.5 Å². The Morgan fingerprint density at radius 2 is 2.00 bits per heavy atom. The Morgan fingerprint density at radius 1 is 1.29 bits per heavy atom. The summed E-state index contributed by atoms with van der Waals surface area (Å²) >= 11 is 1.90. The van der Waals surface area contributed by atoms with Crippen molar-refractivity contribution in [2.45, 2.75) is 57.8 Å². The van der Waals surface area contributed by atoms with Crippen LogP contribution in [0.3, 0.4) is 0 Å². The van der Waals surface area contributed by atoms with Gasteiger partial charge in [0.15, 0.2) is 5.13 Å². The Morgan fingerprint density at radius 3 is 2.67 bits per heavy atom. The van der Waals surface area contributed by atoms with Crippen molar-refractivity contribution in [1.29, 1.82) is 0 Å². The van der Waals surface area contributed by atoms with E-state index in [4.69, 9.17) is 9.72 Å². The molecule has 0 aromatic carbocycles. The second kappa shape index (κ2) is 4.93. The molecular weight excluding hydrogens is 282 g/mol. The summed E-state index contributed by atoms with van der Waals surface area (Å²) in [4.78, 5) is 8.94. The van der Waals surface area contributed by atoms with Crippen molar-refractivity contribution in [2.24, 2.45) is 5.41 Å². The zero-order valence-corrected chi connectivity index (χ0v) is 14.0. The molecule has 4 nitrogen and oxygen atoms in total. The lowest BCUT2D eigenvalue weighted by Crippen LogP contribution is -2.42. The molecule has 4 rings (SSSR count). The minimum Gasteiger partial charge on any atom is -0.371 e. The average Bonchev–Trinajstić information content (AvgIpc) is 3.00. The topological polar surface area (TPSA) is 37.4 Å². The van der Waals surface area contributed by atoms with Crippen LogP contribution in [0.15, 0.2) is 0 Å². The maximum atomic E-state index is 5.95. The van der Waals surface area contributed by atoms with Crippen molar-refractivity contribution >= 4 is 16.5 Å². The highest BCUT2D eigenvalue weighted by atomic mass is 32.1. The van der Waals surface area contributed by atoms with Gasteiger partial charge in [-0.1, -0.05) is 25.2 Å². The Hall–Kier alpha value is -0.650. The number of rotatable bonds is 2. The molecule has 1 N–H and O–H groups in total. The molecule has 0 spiro atoms. The molecule has 116 valence electrons. The molecule has 2 fully saturated rings. The smallest absolute Gasteiger partial charge is 0.186 e. The fourth-order valence-electron chi connectivity index (χ4n) is 4.06. The van der Waals surface area contributed by atoms with Gasteiger partial charge < -0.3 is 15.0 Å². The standard InChI is InChI=1S/C16H25N3OS/c1-16(2)6-12(17-3)14-13(7-16)18-15(21-14)19-8-10-4-5-11(9-19)20-10/h10-12,17H,4-9H2,1-3H3. The molecule has 2 saturated heterocycles. The van der Waals surface area contributed by atoms with Crippen molar-refractivity contribution in [1.82, 2.24) is 10.3 Å². The van der Waals surface area contributed by atoms with E-state index in [9.17, 15) is 0 Å². The molecule has 0 radical (unpaired) electrons. The Bertz CT molecular complexity index is 530. The minimum atomic E-state index is 0.343. The first-order chi connectivity index (χ1) is 10.0. The lowest BCUT2D eigenvalue weighted by molar-refractivity contribution is 0.0304. The third-order valence-electron chi connectivity index (χ3n) is 5.10. The molecular formula is C16H25N3OS. The largest absolute Gasteiger partial charge is 0.371 e. The number of hydrogen-bond acceptors (Lipinski definition) is 5. The van der Waals surface area contributed by atoms with Gasteiger partial charge in [-0.05, 0) is 38.1 Å². The van der Waals surface area contributed by atoms with Crippen LogP contribution < -0.4 is 10.2 Å². The number of thiazole rings is 1. The number of fused-ring (bicyclic) bond motifs is 3. The van der Waals surface area contributed by atoms with Crippen LogP contribution in [0.2, 0.25) is 0 Å². The fraction of sp³-hybridized carbons (Fsp3) is 0.812. The molecule has 1 aliphatic carbocycles. The molecule has 1 aromatic rings. The fourth-order valence-corrected chi connectivity index (χ4v) is 5.27. The lowest BCUT2D eigenvalue weighted by Gasteiger charge is -2.34. The summed E-state index contributed by atoms with van der Waals surface area (Å²) < 4.78 is 5.95. The first-order valence-corrected chi connectivity index (χ1v) is 8.93. The van der Waals surface area contributed by atoms with Crippen molar-refractivity contribution < 1.29 is 4.74 Å². The van der Waals surface area contributed by atoms with E-state index in [-0.39, 0.29) is 0 Å². The van der Waals surface area contributed by atoms with Crippen LogP contribution in [0, 0.1) is 5.41 Å². The summed E-state index contributed by atoms with van der Waals surface area (Å²) in [5.74, 6) is 0. The molecule has 0 amide bonds. The summed E-state index contributed by atoms with van der Waals surface area (Å²) in [5.41, 5.74) is 1.67. The molecule has 0 saturated carbocycles. The number of morpholine rings is 1. The Kier molecular flexibility index (Phi) is 3.28. The molecule has 3 aliphatic rings. The van der Waals surface area contributed by atoms with Gasteiger partial charge in [0.05, 0.1) is 17.9 Å². The second-order valence-corrected chi connectivity index (χ2v) is 8.57. The highest BCUT2D eigenvalue weighted by Crippen LogP contribution is 2.45. The molecule has 3 unspecified atom stereocenters. The van der Waals surface area contributed by atoms with Gasteiger partial charge in [-0.25, -0.2) is 4.98 Å². The zero-order valence-electron chi connectivity index (χ0n) is 13.2. The van der Waals surface area contributed by atoms with Gasteiger partial charge in [-0.3, -0.25) is 0 Å². The first kappa shape index (κ1) is 14.0. The van der Waals surface area contributed by atoms with Gasteiger partial charge in [-0.15, -0.1) is 0 Å². The number of aromatic nitrogens is 1. The molecule has 21 heavy (non-hydrogen) atoms. The van der Waals surface area contributed by atoms with Crippen LogP contribution in [0.25, 0.3) is 0 Å². The quantitative estimate of drug-likeness (QED) is 0.911. The minimum absolute atomic E-state index is 0.343. The van der Waals surface area contributed by atoms with Crippen molar-refractivity contribution in [3.05, 3.63) is 10.6 Å². The molecule has 5 heteroatoms. The Labute approximate surface area is 130 Å². The monoisotopic (exact) mass is 307 g/mol. The number of nitrogens with one attached hydrogen (secondary N) is 1. The summed E-state index contributed by atoms with van der Waals surface area (Å²) in [7, 11) is 2.07. The zero-order chi connectivity index (χ0) is 14.6. The third-order valence-corrected chi connectivity index (χ3v) is 6.37. The van der Waals surface area contributed by atoms with Crippen LogP contribution >= 0.6 is 11.3 Å². The molecule has 2 bridgehead atoms. The van der Waals surface area contributed by atoms with Gasteiger partial charge in [0.2, 0.25) is 0 Å². The van der Waals surface area contributed by atoms with E-state index < -0.39 is 0 Å². The highest BCUT2D eigenvalue weighted by molar-refractivity contribution is 7.15. The molecule has 3 atom stereocenters. The third kappa shape index (κ3) is 2.49. The maximum Gasteiger partial charge on any atom is 0.186 e. The van der Waals surface area contributed by atoms with Crippen molar-refractivity contribution in [3.63, 3.8) is 0 Å². The predicted molar refractivity (Wildman–Crippen MR) is 86.1 cm³/mol. The summed E-state index contributed by atoms with van der Waals surface area (Å²) in [6.45, 7) is 6.76. The van der Waals surface area contributed by atoms with Crippen molar-refractivity contribution in [3.8, 4) is 0 Å². The van der Waals surface area contributed by atoms with Crippen molar-refractivity contribution in [2.75, 3.05) is 25.0 Å². The van der Waals surface area contributed by atoms with Crippen LogP contribution in [0.5, 0.6) is 0 Å². The Balaban J connectivity index is 1.62. The second-order valence-electron chi connectivity index (χ2n) is 7.56.